The van der Waals surface area contributed by atoms with Gasteiger partial charge in [0.15, 0.2) is 0 Å². The van der Waals surface area contributed by atoms with E-state index in [9.17, 15) is 9.59 Å². The van der Waals surface area contributed by atoms with Gasteiger partial charge in [0.25, 0.3) is 0 Å². The molecule has 0 unspecified atom stereocenters. The second kappa shape index (κ2) is 6.69. The van der Waals surface area contributed by atoms with Crippen LogP contribution in [0.3, 0.4) is 0 Å². The maximum absolute atomic E-state index is 13.4. The average Bonchev–Trinajstić information content (AvgIpc) is 3.30. The highest BCUT2D eigenvalue weighted by Crippen LogP contribution is 2.50. The van der Waals surface area contributed by atoms with Crippen molar-refractivity contribution >= 4 is 11.8 Å². The molecule has 1 aliphatic carbocycles. The van der Waals surface area contributed by atoms with Crippen molar-refractivity contribution in [2.24, 2.45) is 11.3 Å². The Morgan fingerprint density at radius 2 is 1.96 bits per heavy atom. The van der Waals surface area contributed by atoms with Crippen LogP contribution in [0, 0.1) is 11.3 Å². The van der Waals surface area contributed by atoms with Crippen LogP contribution in [0.2, 0.25) is 0 Å². The van der Waals surface area contributed by atoms with Gasteiger partial charge in [-0.05, 0) is 30.7 Å². The molecule has 1 spiro atoms. The Morgan fingerprint density at radius 3 is 2.62 bits per heavy atom. The summed E-state index contributed by atoms with van der Waals surface area (Å²) in [6, 6.07) is 10.5. The lowest BCUT2D eigenvalue weighted by molar-refractivity contribution is -0.141. The lowest BCUT2D eigenvalue weighted by Crippen LogP contribution is -2.43. The summed E-state index contributed by atoms with van der Waals surface area (Å²) in [5.74, 6) is 1.23. The van der Waals surface area contributed by atoms with Gasteiger partial charge in [-0.3, -0.25) is 9.59 Å². The molecule has 1 saturated carbocycles. The summed E-state index contributed by atoms with van der Waals surface area (Å²) in [6.45, 7) is 3.82. The Balaban J connectivity index is 1.58. The first-order valence-corrected chi connectivity index (χ1v) is 9.76. The van der Waals surface area contributed by atoms with E-state index in [2.05, 4.69) is 29.2 Å². The van der Waals surface area contributed by atoms with E-state index < -0.39 is 0 Å². The second-order valence-corrected chi connectivity index (χ2v) is 8.52. The number of carbonyl (C=O) groups excluding carboxylic acids is 2. The number of likely N-dealkylation sites (N-methyl/N-ethyl adjacent to an activating group) is 1. The first-order chi connectivity index (χ1) is 12.5. The monoisotopic (exact) mass is 355 g/mol. The third-order valence-corrected chi connectivity index (χ3v) is 6.39. The Labute approximate surface area is 155 Å². The van der Waals surface area contributed by atoms with E-state index in [1.807, 2.05) is 6.07 Å². The Bertz CT molecular complexity index is 686. The molecule has 2 atom stereocenters. The number of rotatable bonds is 5. The Kier molecular flexibility index (Phi) is 4.51. The molecular formula is C21H29N3O2. The second-order valence-electron chi connectivity index (χ2n) is 8.52. The van der Waals surface area contributed by atoms with Gasteiger partial charge in [-0.2, -0.15) is 0 Å². The standard InChI is InChI=1S/C21H29N3O2/c1-22(2)19(25)14-24-11-10-21(20(24)26)15-23(12-16-8-9-16)13-18(21)17-6-4-3-5-7-17/h3-7,16,18H,8-15H2,1-2H3/t18-,21+/m0/s1. The summed E-state index contributed by atoms with van der Waals surface area (Å²) < 4.78 is 0. The van der Waals surface area contributed by atoms with Gasteiger partial charge in [-0.15, -0.1) is 0 Å². The molecule has 2 heterocycles. The highest BCUT2D eigenvalue weighted by Gasteiger charge is 2.57. The highest BCUT2D eigenvalue weighted by atomic mass is 16.2. The van der Waals surface area contributed by atoms with E-state index in [-0.39, 0.29) is 29.7 Å². The molecule has 26 heavy (non-hydrogen) atoms. The summed E-state index contributed by atoms with van der Waals surface area (Å²) >= 11 is 0. The lowest BCUT2D eigenvalue weighted by Gasteiger charge is -2.29. The summed E-state index contributed by atoms with van der Waals surface area (Å²) in [5, 5.41) is 0. The molecule has 5 nitrogen and oxygen atoms in total. The van der Waals surface area contributed by atoms with Gasteiger partial charge in [0.2, 0.25) is 11.8 Å². The smallest absolute Gasteiger partial charge is 0.241 e. The molecule has 0 bridgehead atoms. The molecule has 2 saturated heterocycles. The van der Waals surface area contributed by atoms with Crippen molar-refractivity contribution in [3.63, 3.8) is 0 Å². The summed E-state index contributed by atoms with van der Waals surface area (Å²) in [7, 11) is 3.50. The largest absolute Gasteiger partial charge is 0.347 e. The number of benzene rings is 1. The molecule has 2 amide bonds. The van der Waals surface area contributed by atoms with Crippen LogP contribution in [-0.4, -0.2) is 73.3 Å². The number of carbonyl (C=O) groups is 2. The van der Waals surface area contributed by atoms with Crippen molar-refractivity contribution in [3.05, 3.63) is 35.9 Å². The van der Waals surface area contributed by atoms with Crippen LogP contribution in [0.25, 0.3) is 0 Å². The minimum absolute atomic E-state index is 0.000468. The number of hydrogen-bond donors (Lipinski definition) is 0. The van der Waals surface area contributed by atoms with Gasteiger partial charge >= 0.3 is 0 Å². The molecule has 3 aliphatic rings. The molecule has 1 aromatic rings. The predicted molar refractivity (Wildman–Crippen MR) is 101 cm³/mol. The van der Waals surface area contributed by atoms with Crippen LogP contribution in [0.5, 0.6) is 0 Å². The van der Waals surface area contributed by atoms with E-state index in [0.717, 1.165) is 32.0 Å². The molecule has 140 valence electrons. The summed E-state index contributed by atoms with van der Waals surface area (Å²) in [6.07, 6.45) is 3.51. The fraction of sp³-hybridized carbons (Fsp3) is 0.619. The number of likely N-dealkylation sites (tertiary alicyclic amines) is 2. The topological polar surface area (TPSA) is 43.9 Å². The number of hydrogen-bond acceptors (Lipinski definition) is 3. The van der Waals surface area contributed by atoms with Crippen molar-refractivity contribution in [1.82, 2.24) is 14.7 Å². The van der Waals surface area contributed by atoms with Crippen molar-refractivity contribution in [2.75, 3.05) is 46.8 Å². The van der Waals surface area contributed by atoms with Crippen LogP contribution in [-0.2, 0) is 9.59 Å². The minimum atomic E-state index is -0.358. The van der Waals surface area contributed by atoms with E-state index in [1.165, 1.54) is 18.4 Å². The van der Waals surface area contributed by atoms with Crippen molar-refractivity contribution in [3.8, 4) is 0 Å². The third kappa shape index (κ3) is 3.13. The van der Waals surface area contributed by atoms with Gasteiger partial charge in [0.1, 0.15) is 0 Å². The van der Waals surface area contributed by atoms with Crippen molar-refractivity contribution in [1.29, 1.82) is 0 Å². The molecule has 1 aromatic carbocycles. The fourth-order valence-electron chi connectivity index (χ4n) is 4.70. The van der Waals surface area contributed by atoms with Gasteiger partial charge in [0.05, 0.1) is 12.0 Å². The molecule has 5 heteroatoms. The number of amides is 2. The summed E-state index contributed by atoms with van der Waals surface area (Å²) in [4.78, 5) is 31.5. The SMILES string of the molecule is CN(C)C(=O)CN1CC[C@]2(CN(CC3CC3)C[C@H]2c2ccccc2)C1=O. The van der Waals surface area contributed by atoms with Crippen LogP contribution >= 0.6 is 0 Å². The minimum Gasteiger partial charge on any atom is -0.347 e. The average molecular weight is 355 g/mol. The normalized spacial score (nSPS) is 28.9. The molecule has 2 aliphatic heterocycles. The van der Waals surface area contributed by atoms with E-state index >= 15 is 0 Å². The Hall–Kier alpha value is -1.88. The molecule has 0 N–H and O–H groups in total. The van der Waals surface area contributed by atoms with Gasteiger partial charge in [0, 0.05) is 46.2 Å². The van der Waals surface area contributed by atoms with E-state index in [4.69, 9.17) is 0 Å². The zero-order valence-corrected chi connectivity index (χ0v) is 15.9. The molecular weight excluding hydrogens is 326 g/mol. The zero-order chi connectivity index (χ0) is 18.3. The van der Waals surface area contributed by atoms with Crippen molar-refractivity contribution in [2.45, 2.75) is 25.2 Å². The first-order valence-electron chi connectivity index (χ1n) is 9.76. The van der Waals surface area contributed by atoms with Gasteiger partial charge < -0.3 is 14.7 Å². The van der Waals surface area contributed by atoms with Gasteiger partial charge in [-0.1, -0.05) is 30.3 Å². The number of nitrogens with zero attached hydrogens (tertiary/aromatic N) is 3. The first kappa shape index (κ1) is 17.5. The fourth-order valence-corrected chi connectivity index (χ4v) is 4.70. The highest BCUT2D eigenvalue weighted by molar-refractivity contribution is 5.90. The van der Waals surface area contributed by atoms with Crippen LogP contribution in [0.4, 0.5) is 0 Å². The van der Waals surface area contributed by atoms with Crippen LogP contribution in [0.15, 0.2) is 30.3 Å². The maximum atomic E-state index is 13.4. The maximum Gasteiger partial charge on any atom is 0.241 e. The van der Waals surface area contributed by atoms with Gasteiger partial charge in [-0.25, -0.2) is 0 Å². The molecule has 4 rings (SSSR count). The third-order valence-electron chi connectivity index (χ3n) is 6.39. The van der Waals surface area contributed by atoms with E-state index in [0.29, 0.717) is 6.54 Å². The quantitative estimate of drug-likeness (QED) is 0.809. The van der Waals surface area contributed by atoms with E-state index in [1.54, 1.807) is 23.9 Å². The Morgan fingerprint density at radius 1 is 1.23 bits per heavy atom. The van der Waals surface area contributed by atoms with Crippen molar-refractivity contribution < 1.29 is 9.59 Å². The molecule has 0 aromatic heterocycles. The lowest BCUT2D eigenvalue weighted by atomic mass is 9.73. The summed E-state index contributed by atoms with van der Waals surface area (Å²) in [5.41, 5.74) is 0.906. The van der Waals surface area contributed by atoms with Crippen LogP contribution in [0.1, 0.15) is 30.7 Å². The van der Waals surface area contributed by atoms with Crippen LogP contribution < -0.4 is 0 Å². The molecule has 0 radical (unpaired) electrons. The molecule has 3 fully saturated rings. The zero-order valence-electron chi connectivity index (χ0n) is 15.9. The predicted octanol–water partition coefficient (Wildman–Crippen LogP) is 1.80.